The zero-order chi connectivity index (χ0) is 17.0. The van der Waals surface area contributed by atoms with Crippen LogP contribution in [0.25, 0.3) is 5.53 Å². The fraction of sp³-hybridized carbons (Fsp3) is 0.571. The number of rotatable bonds is 3. The third kappa shape index (κ3) is 3.53. The largest absolute Gasteiger partial charge is 0.388 e. The summed E-state index contributed by atoms with van der Waals surface area (Å²) in [6.07, 6.45) is 6.69. The predicted octanol–water partition coefficient (Wildman–Crippen LogP) is 1.13. The van der Waals surface area contributed by atoms with E-state index in [2.05, 4.69) is 4.79 Å². The minimum absolute atomic E-state index is 0.172. The molecule has 0 aromatic carbocycles. The summed E-state index contributed by atoms with van der Waals surface area (Å²) < 4.78 is 53.3. The number of methoxy groups -OCH3 is 1. The zero-order valence-corrected chi connectivity index (χ0v) is 14.3. The van der Waals surface area contributed by atoms with Crippen LogP contribution in [-0.4, -0.2) is 44.7 Å². The van der Waals surface area contributed by atoms with E-state index in [0.717, 1.165) is 19.3 Å². The lowest BCUT2D eigenvalue weighted by atomic mass is 9.90. The third-order valence-electron chi connectivity index (χ3n) is 4.10. The van der Waals surface area contributed by atoms with Crippen molar-refractivity contribution in [2.75, 3.05) is 7.11 Å². The quantitative estimate of drug-likeness (QED) is 0.247. The van der Waals surface area contributed by atoms with Crippen molar-refractivity contribution in [3.63, 3.8) is 0 Å². The standard InChI is InChI=1S/C14H18N2O5S2/c1-21-13-11(22(17)18)8-5-9-12(13)23(19,20)14(16-15)10-6-3-2-4-7-10/h5,8-10,13H,2-4,6-7H2,1H3. The van der Waals surface area contributed by atoms with Gasteiger partial charge in [-0.1, -0.05) is 25.3 Å². The second-order valence-electron chi connectivity index (χ2n) is 5.46. The molecule has 1 unspecified atom stereocenters. The van der Waals surface area contributed by atoms with Crippen molar-refractivity contribution in [1.29, 1.82) is 0 Å². The lowest BCUT2D eigenvalue weighted by Gasteiger charge is -2.22. The summed E-state index contributed by atoms with van der Waals surface area (Å²) in [7, 11) is -5.49. The summed E-state index contributed by atoms with van der Waals surface area (Å²) in [4.78, 5) is 2.65. The molecule has 23 heavy (non-hydrogen) atoms. The molecule has 0 N–H and O–H groups in total. The zero-order valence-electron chi connectivity index (χ0n) is 12.7. The first-order chi connectivity index (χ1) is 10.9. The van der Waals surface area contributed by atoms with Crippen molar-refractivity contribution in [1.82, 2.24) is 0 Å². The monoisotopic (exact) mass is 358 g/mol. The Kier molecular flexibility index (Phi) is 5.69. The first-order valence-electron chi connectivity index (χ1n) is 7.27. The minimum atomic E-state index is -4.11. The summed E-state index contributed by atoms with van der Waals surface area (Å²) in [6, 6.07) is 0. The normalized spacial score (nSPS) is 22.4. The molecule has 0 aromatic heterocycles. The van der Waals surface area contributed by atoms with Crippen LogP contribution in [0.4, 0.5) is 0 Å². The number of ether oxygens (including phenoxy) is 1. The molecule has 126 valence electrons. The van der Waals surface area contributed by atoms with E-state index in [0.29, 0.717) is 12.8 Å². The second kappa shape index (κ2) is 7.35. The SMILES string of the molecule is COC1C(S(=O)(=O)C(=[N+]=[N-])C2CCCCC2)=CC=CC1=S(=O)=O. The van der Waals surface area contributed by atoms with Crippen molar-refractivity contribution in [2.45, 2.75) is 38.2 Å². The van der Waals surface area contributed by atoms with E-state index in [1.807, 2.05) is 0 Å². The Balaban J connectivity index is 2.49. The molecule has 2 rings (SSSR count). The Bertz CT molecular complexity index is 816. The van der Waals surface area contributed by atoms with Gasteiger partial charge in [0.25, 0.3) is 9.84 Å². The molecule has 2 aliphatic rings. The average Bonchev–Trinajstić information content (AvgIpc) is 2.55. The molecule has 2 aliphatic carbocycles. The first kappa shape index (κ1) is 17.8. The summed E-state index contributed by atoms with van der Waals surface area (Å²) in [5, 5.41) is -0.308. The van der Waals surface area contributed by atoms with Crippen LogP contribution < -0.4 is 0 Å². The van der Waals surface area contributed by atoms with Gasteiger partial charge in [-0.05, 0) is 25.0 Å². The Morgan fingerprint density at radius 3 is 2.48 bits per heavy atom. The van der Waals surface area contributed by atoms with Crippen LogP contribution in [0.3, 0.4) is 0 Å². The first-order valence-corrected chi connectivity index (χ1v) is 9.83. The highest BCUT2D eigenvalue weighted by molar-refractivity contribution is 8.09. The van der Waals surface area contributed by atoms with Gasteiger partial charge < -0.3 is 10.3 Å². The lowest BCUT2D eigenvalue weighted by Crippen LogP contribution is -2.36. The molecule has 0 radical (unpaired) electrons. The van der Waals surface area contributed by atoms with Crippen LogP contribution in [0.5, 0.6) is 0 Å². The van der Waals surface area contributed by atoms with Gasteiger partial charge in [-0.3, -0.25) is 0 Å². The van der Waals surface area contributed by atoms with Gasteiger partial charge in [-0.15, -0.1) is 0 Å². The molecule has 0 aliphatic heterocycles. The van der Waals surface area contributed by atoms with Gasteiger partial charge in [0.15, 0.2) is 0 Å². The molecule has 0 spiro atoms. The lowest BCUT2D eigenvalue weighted by molar-refractivity contribution is -0.00900. The molecule has 1 atom stereocenters. The Morgan fingerprint density at radius 1 is 1.30 bits per heavy atom. The van der Waals surface area contributed by atoms with E-state index in [-0.39, 0.29) is 20.7 Å². The van der Waals surface area contributed by atoms with Crippen LogP contribution in [-0.2, 0) is 24.9 Å². The molecule has 0 saturated heterocycles. The van der Waals surface area contributed by atoms with E-state index in [4.69, 9.17) is 4.74 Å². The van der Waals surface area contributed by atoms with Gasteiger partial charge in [0.1, 0.15) is 11.0 Å². The number of hydrogen-bond donors (Lipinski definition) is 0. The van der Waals surface area contributed by atoms with E-state index in [1.165, 1.54) is 25.3 Å². The van der Waals surface area contributed by atoms with Gasteiger partial charge in [0, 0.05) is 7.11 Å². The smallest absolute Gasteiger partial charge is 0.370 e. The maximum Gasteiger partial charge on any atom is 0.388 e. The fourth-order valence-electron chi connectivity index (χ4n) is 2.98. The van der Waals surface area contributed by atoms with Gasteiger partial charge in [-0.25, -0.2) is 8.42 Å². The topological polar surface area (TPSA) is 114 Å². The number of hydrogen-bond acceptors (Lipinski definition) is 5. The second-order valence-corrected chi connectivity index (χ2v) is 8.29. The van der Waals surface area contributed by atoms with Gasteiger partial charge in [-0.2, -0.15) is 13.2 Å². The Labute approximate surface area is 136 Å². The predicted molar refractivity (Wildman–Crippen MR) is 86.1 cm³/mol. The number of allylic oxidation sites excluding steroid dienone is 2. The van der Waals surface area contributed by atoms with E-state index >= 15 is 0 Å². The van der Waals surface area contributed by atoms with Crippen LogP contribution in [0.2, 0.25) is 0 Å². The van der Waals surface area contributed by atoms with E-state index in [1.54, 1.807) is 0 Å². The van der Waals surface area contributed by atoms with Crippen LogP contribution in [0, 0.1) is 5.92 Å². The van der Waals surface area contributed by atoms with Crippen LogP contribution in [0.15, 0.2) is 23.1 Å². The molecule has 7 nitrogen and oxygen atoms in total. The molecular weight excluding hydrogens is 340 g/mol. The maximum atomic E-state index is 12.9. The Hall–Kier alpha value is -1.54. The average molecular weight is 358 g/mol. The summed E-state index contributed by atoms with van der Waals surface area (Å²) in [5.74, 6) is -0.357. The minimum Gasteiger partial charge on any atom is -0.370 e. The summed E-state index contributed by atoms with van der Waals surface area (Å²) in [6.45, 7) is 0. The van der Waals surface area contributed by atoms with Gasteiger partial charge in [0.05, 0.1) is 10.8 Å². The van der Waals surface area contributed by atoms with Crippen molar-refractivity contribution >= 4 is 30.0 Å². The molecule has 0 bridgehead atoms. The number of sulfone groups is 1. The van der Waals surface area contributed by atoms with Gasteiger partial charge >= 0.3 is 5.04 Å². The highest BCUT2D eigenvalue weighted by Crippen LogP contribution is 2.30. The fourth-order valence-corrected chi connectivity index (χ4v) is 5.43. The van der Waals surface area contributed by atoms with E-state index < -0.39 is 26.2 Å². The van der Waals surface area contributed by atoms with Crippen molar-refractivity contribution in [3.05, 3.63) is 28.7 Å². The molecule has 1 saturated carbocycles. The maximum absolute atomic E-state index is 12.9. The molecule has 0 heterocycles. The molecule has 0 aromatic rings. The van der Waals surface area contributed by atoms with Crippen LogP contribution >= 0.6 is 0 Å². The molecule has 9 heteroatoms. The number of nitrogens with zero attached hydrogens (tertiary/aromatic N) is 2. The molecule has 0 amide bonds. The van der Waals surface area contributed by atoms with Crippen LogP contribution in [0.1, 0.15) is 32.1 Å². The van der Waals surface area contributed by atoms with Crippen molar-refractivity contribution in [2.24, 2.45) is 5.92 Å². The molecule has 1 fully saturated rings. The van der Waals surface area contributed by atoms with Crippen molar-refractivity contribution < 1.29 is 26.4 Å². The van der Waals surface area contributed by atoms with Crippen molar-refractivity contribution in [3.8, 4) is 0 Å². The molecular formula is C14H18N2O5S2. The highest BCUT2D eigenvalue weighted by Gasteiger charge is 2.44. The van der Waals surface area contributed by atoms with Gasteiger partial charge in [0.2, 0.25) is 10.3 Å². The Morgan fingerprint density at radius 2 is 1.96 bits per heavy atom. The van der Waals surface area contributed by atoms with E-state index in [9.17, 15) is 22.4 Å². The summed E-state index contributed by atoms with van der Waals surface area (Å²) in [5.41, 5.74) is 9.27. The summed E-state index contributed by atoms with van der Waals surface area (Å²) >= 11 is 0. The third-order valence-corrected chi connectivity index (χ3v) is 6.78. The highest BCUT2D eigenvalue weighted by atomic mass is 32.2.